The smallest absolute Gasteiger partial charge is 0.225 e. The van der Waals surface area contributed by atoms with Crippen molar-refractivity contribution in [3.63, 3.8) is 0 Å². The molecule has 2 heterocycles. The molecule has 3 aliphatic rings. The number of amides is 1. The first-order valence-electron chi connectivity index (χ1n) is 11.8. The molecular weight excluding hydrogens is 408 g/mol. The Morgan fingerprint density at radius 3 is 1.93 bits per heavy atom. The van der Waals surface area contributed by atoms with Crippen LogP contribution in [0.1, 0.15) is 67.2 Å². The van der Waals surface area contributed by atoms with Gasteiger partial charge in [-0.1, -0.05) is 27.7 Å². The Hall–Kier alpha value is 0.626. The van der Waals surface area contributed by atoms with Crippen molar-refractivity contribution >= 4 is 63.6 Å². The van der Waals surface area contributed by atoms with E-state index in [0.717, 1.165) is 58.1 Å². The van der Waals surface area contributed by atoms with Gasteiger partial charge in [-0.15, -0.1) is 0 Å². The summed E-state index contributed by atoms with van der Waals surface area (Å²) in [6.07, 6.45) is 4.16. The maximum absolute atomic E-state index is 14.9. The predicted octanol–water partition coefficient (Wildman–Crippen LogP) is 3.24. The molecule has 7 heteroatoms. The third-order valence-electron chi connectivity index (χ3n) is 6.22. The maximum atomic E-state index is 14.9. The van der Waals surface area contributed by atoms with Gasteiger partial charge < -0.3 is 9.69 Å². The van der Waals surface area contributed by atoms with E-state index in [1.807, 2.05) is 27.7 Å². The van der Waals surface area contributed by atoms with Gasteiger partial charge in [-0.3, -0.25) is 14.6 Å². The minimum Gasteiger partial charge on any atom is -0.336 e. The van der Waals surface area contributed by atoms with Crippen LogP contribution >= 0.6 is 0 Å². The van der Waals surface area contributed by atoms with Gasteiger partial charge >= 0.3 is 0 Å². The molecule has 0 aromatic rings. The van der Waals surface area contributed by atoms with E-state index in [-0.39, 0.29) is 82.2 Å². The third-order valence-corrected chi connectivity index (χ3v) is 6.22. The second kappa shape index (κ2) is 15.5. The van der Waals surface area contributed by atoms with Crippen LogP contribution in [0, 0.1) is 11.8 Å². The van der Waals surface area contributed by atoms with Crippen molar-refractivity contribution in [2.75, 3.05) is 45.8 Å². The number of hydrogen-bond donors (Lipinski definition) is 0. The van der Waals surface area contributed by atoms with E-state index in [4.69, 9.17) is 0 Å². The number of halogens is 1. The summed E-state index contributed by atoms with van der Waals surface area (Å²) in [6, 6.07) is 0.549. The van der Waals surface area contributed by atoms with E-state index in [1.165, 1.54) is 0 Å². The molecule has 0 bridgehead atoms. The number of nitrogens with zero attached hydrogens (tertiary/aromatic N) is 3. The number of rotatable bonds is 5. The van der Waals surface area contributed by atoms with Crippen LogP contribution in [0.5, 0.6) is 0 Å². The molecule has 1 radical (unpaired) electrons. The van der Waals surface area contributed by atoms with Crippen LogP contribution in [0.4, 0.5) is 4.39 Å². The molecule has 0 spiro atoms. The first-order chi connectivity index (χ1) is 13.9. The Labute approximate surface area is 226 Å². The molecular formula is C23H44FKN3O2. The number of piperazine rings is 1. The molecule has 0 N–H and O–H groups in total. The van der Waals surface area contributed by atoms with Gasteiger partial charge in [-0.25, -0.2) is 4.39 Å². The van der Waals surface area contributed by atoms with Crippen molar-refractivity contribution in [1.29, 1.82) is 0 Å². The summed E-state index contributed by atoms with van der Waals surface area (Å²) < 4.78 is 14.9. The quantitative estimate of drug-likeness (QED) is 0.474. The van der Waals surface area contributed by atoms with Gasteiger partial charge in [-0.05, 0) is 39.5 Å². The molecule has 0 aromatic heterocycles. The SMILES string of the molecule is CC.CC.CC(C)N1CCN(CC2(F)CN(C(=O)C3CCC(C=O)CC3)C2)CC1.[K]. The first-order valence-corrected chi connectivity index (χ1v) is 11.8. The Balaban J connectivity index is 0.00000159. The van der Waals surface area contributed by atoms with Crippen molar-refractivity contribution in [3.8, 4) is 0 Å². The summed E-state index contributed by atoms with van der Waals surface area (Å²) in [4.78, 5) is 29.7. The monoisotopic (exact) mass is 452 g/mol. The standard InChI is InChI=1S/C19H32FN3O2.2C2H6.K/c1-15(2)22-9-7-21(8-10-22)12-19(20)13-23(14-19)18(25)17-5-3-16(11-24)4-6-17;2*1-2;/h11,15-17H,3-10,12-14H2,1-2H3;2*1-2H3;. The van der Waals surface area contributed by atoms with Crippen LogP contribution in [0.2, 0.25) is 0 Å². The Kier molecular flexibility index (Phi) is 15.8. The van der Waals surface area contributed by atoms with E-state index >= 15 is 0 Å². The van der Waals surface area contributed by atoms with Gasteiger partial charge in [-0.2, -0.15) is 0 Å². The molecule has 0 atom stereocenters. The minimum atomic E-state index is -1.24. The fraction of sp³-hybridized carbons (Fsp3) is 0.913. The Morgan fingerprint density at radius 1 is 1.00 bits per heavy atom. The largest absolute Gasteiger partial charge is 0.336 e. The average molecular weight is 453 g/mol. The number of alkyl halides is 1. The minimum absolute atomic E-state index is 0. The normalized spacial score (nSPS) is 26.2. The topological polar surface area (TPSA) is 43.9 Å². The average Bonchev–Trinajstić information content (AvgIpc) is 2.74. The Bertz CT molecular complexity index is 485. The van der Waals surface area contributed by atoms with E-state index in [2.05, 4.69) is 23.6 Å². The molecule has 30 heavy (non-hydrogen) atoms. The number of aldehydes is 1. The van der Waals surface area contributed by atoms with Crippen LogP contribution < -0.4 is 0 Å². The fourth-order valence-electron chi connectivity index (χ4n) is 4.49. The van der Waals surface area contributed by atoms with E-state index in [1.54, 1.807) is 4.90 Å². The van der Waals surface area contributed by atoms with Crippen molar-refractivity contribution in [2.45, 2.75) is 78.9 Å². The third kappa shape index (κ3) is 8.87. The van der Waals surface area contributed by atoms with Crippen LogP contribution in [0.15, 0.2) is 0 Å². The zero-order chi connectivity index (χ0) is 22.0. The molecule has 3 fully saturated rings. The molecule has 2 aliphatic heterocycles. The zero-order valence-electron chi connectivity index (χ0n) is 20.6. The van der Waals surface area contributed by atoms with Gasteiger partial charge in [0.15, 0.2) is 5.67 Å². The van der Waals surface area contributed by atoms with E-state index in [9.17, 15) is 14.0 Å². The fourth-order valence-corrected chi connectivity index (χ4v) is 4.49. The number of likely N-dealkylation sites (tertiary alicyclic amines) is 1. The molecule has 171 valence electrons. The summed E-state index contributed by atoms with van der Waals surface area (Å²) >= 11 is 0. The first kappa shape index (κ1) is 30.6. The van der Waals surface area contributed by atoms with E-state index < -0.39 is 5.67 Å². The molecule has 0 unspecified atom stereocenters. The number of hydrogen-bond acceptors (Lipinski definition) is 4. The molecule has 0 aromatic carbocycles. The predicted molar refractivity (Wildman–Crippen MR) is 124 cm³/mol. The summed E-state index contributed by atoms with van der Waals surface area (Å²) in [5, 5.41) is 0. The molecule has 2 saturated heterocycles. The molecule has 1 amide bonds. The van der Waals surface area contributed by atoms with Crippen molar-refractivity contribution < 1.29 is 14.0 Å². The molecule has 3 rings (SSSR count). The summed E-state index contributed by atoms with van der Waals surface area (Å²) in [6.45, 7) is 17.1. The second-order valence-corrected chi connectivity index (χ2v) is 8.50. The van der Waals surface area contributed by atoms with Crippen LogP contribution in [0.25, 0.3) is 0 Å². The number of carbonyl (C=O) groups is 2. The van der Waals surface area contributed by atoms with Gasteiger partial charge in [0.25, 0.3) is 0 Å². The van der Waals surface area contributed by atoms with Crippen molar-refractivity contribution in [1.82, 2.24) is 14.7 Å². The second-order valence-electron chi connectivity index (χ2n) is 8.50. The molecule has 5 nitrogen and oxygen atoms in total. The van der Waals surface area contributed by atoms with Gasteiger partial charge in [0.05, 0.1) is 13.1 Å². The van der Waals surface area contributed by atoms with E-state index in [0.29, 0.717) is 12.6 Å². The molecule has 1 saturated carbocycles. The number of carbonyl (C=O) groups excluding carboxylic acids is 2. The van der Waals surface area contributed by atoms with Crippen molar-refractivity contribution in [2.24, 2.45) is 11.8 Å². The molecule has 1 aliphatic carbocycles. The maximum Gasteiger partial charge on any atom is 0.225 e. The Morgan fingerprint density at radius 2 is 1.50 bits per heavy atom. The van der Waals surface area contributed by atoms with Gasteiger partial charge in [0, 0.05) is 102 Å². The van der Waals surface area contributed by atoms with Gasteiger partial charge in [0.2, 0.25) is 5.91 Å². The zero-order valence-corrected chi connectivity index (χ0v) is 23.7. The summed E-state index contributed by atoms with van der Waals surface area (Å²) in [7, 11) is 0. The summed E-state index contributed by atoms with van der Waals surface area (Å²) in [5.74, 6) is 0.211. The summed E-state index contributed by atoms with van der Waals surface area (Å²) in [5.41, 5.74) is -1.24. The van der Waals surface area contributed by atoms with Crippen LogP contribution in [-0.2, 0) is 9.59 Å². The van der Waals surface area contributed by atoms with Crippen LogP contribution in [0.3, 0.4) is 0 Å². The van der Waals surface area contributed by atoms with Gasteiger partial charge in [0.1, 0.15) is 6.29 Å². The van der Waals surface area contributed by atoms with Crippen LogP contribution in [-0.4, -0.2) is 136 Å². The van der Waals surface area contributed by atoms with Crippen molar-refractivity contribution in [3.05, 3.63) is 0 Å².